The van der Waals surface area contributed by atoms with Crippen LogP contribution in [0.1, 0.15) is 11.1 Å². The van der Waals surface area contributed by atoms with E-state index >= 15 is 0 Å². The van der Waals surface area contributed by atoms with Crippen molar-refractivity contribution in [1.82, 2.24) is 0 Å². The number of benzene rings is 1. The van der Waals surface area contributed by atoms with Gasteiger partial charge in [-0.15, -0.1) is 13.2 Å². The molecule has 0 saturated heterocycles. The van der Waals surface area contributed by atoms with Crippen molar-refractivity contribution < 1.29 is 45.3 Å². The fourth-order valence-electron chi connectivity index (χ4n) is 2.19. The summed E-state index contributed by atoms with van der Waals surface area (Å²) in [6.07, 6.45) is -11.7. The highest BCUT2D eigenvalue weighted by atomic mass is 127. The summed E-state index contributed by atoms with van der Waals surface area (Å²) >= 11 is 1.61. The van der Waals surface area contributed by atoms with Crippen LogP contribution in [0.4, 0.5) is 26.3 Å². The number of alkyl halides is 7. The second kappa shape index (κ2) is 6.92. The summed E-state index contributed by atoms with van der Waals surface area (Å²) in [7, 11) is 0. The van der Waals surface area contributed by atoms with Crippen molar-refractivity contribution in [3.63, 3.8) is 0 Å². The number of carbonyl (C=O) groups excluding carboxylic acids is 1. The fourth-order valence-corrected chi connectivity index (χ4v) is 2.48. The first-order valence-electron chi connectivity index (χ1n) is 6.51. The maximum atomic E-state index is 13.2. The highest BCUT2D eigenvalue weighted by Gasteiger charge is 2.49. The van der Waals surface area contributed by atoms with E-state index in [4.69, 9.17) is 4.74 Å². The molecule has 0 aliphatic carbocycles. The second-order valence-electron chi connectivity index (χ2n) is 4.89. The Bertz CT molecular complexity index is 710. The Hall–Kier alpha value is -1.66. The van der Waals surface area contributed by atoms with Gasteiger partial charge in [-0.2, -0.15) is 13.2 Å². The van der Waals surface area contributed by atoms with E-state index in [0.717, 1.165) is 18.2 Å². The molecule has 2 rings (SSSR count). The van der Waals surface area contributed by atoms with E-state index in [1.807, 2.05) is 0 Å². The Balaban J connectivity index is 2.53. The summed E-state index contributed by atoms with van der Waals surface area (Å²) in [5.74, 6) is -2.21. The third-order valence-corrected chi connectivity index (χ3v) is 3.37. The molecule has 0 saturated carbocycles. The Morgan fingerprint density at radius 2 is 1.88 bits per heavy atom. The van der Waals surface area contributed by atoms with Gasteiger partial charge in [-0.05, 0) is 53.3 Å². The van der Waals surface area contributed by atoms with Crippen LogP contribution in [0, 0.1) is 6.92 Å². The lowest BCUT2D eigenvalue weighted by atomic mass is 9.99. The molecule has 1 heterocycles. The SMILES string of the molecule is Cc1cc(OC(F)(F)F)cc2c1OC(C(F)(F)F)C(C(=O)OCI)=C2. The Morgan fingerprint density at radius 1 is 1.24 bits per heavy atom. The van der Waals surface area contributed by atoms with E-state index < -0.39 is 35.9 Å². The fraction of sp³-hybridized carbons (Fsp3) is 0.357. The monoisotopic (exact) mass is 482 g/mol. The normalized spacial score (nSPS) is 17.3. The standard InChI is InChI=1S/C14H9F6IO4/c1-6-2-8(25-14(18,19)20)3-7-4-9(12(22)23-5-21)11(13(15,16)17)24-10(6)7/h2-4,11H,5H2,1H3. The Kier molecular flexibility index (Phi) is 5.44. The predicted octanol–water partition coefficient (Wildman–Crippen LogP) is 4.54. The van der Waals surface area contributed by atoms with Crippen LogP contribution in [0.15, 0.2) is 17.7 Å². The van der Waals surface area contributed by atoms with Crippen molar-refractivity contribution in [3.05, 3.63) is 28.8 Å². The quantitative estimate of drug-likeness (QED) is 0.275. The van der Waals surface area contributed by atoms with E-state index in [1.54, 1.807) is 22.6 Å². The summed E-state index contributed by atoms with van der Waals surface area (Å²) in [6, 6.07) is 1.72. The number of carbonyl (C=O) groups is 1. The van der Waals surface area contributed by atoms with Crippen LogP contribution in [-0.4, -0.2) is 29.2 Å². The molecule has 0 fully saturated rings. The van der Waals surface area contributed by atoms with Gasteiger partial charge < -0.3 is 14.2 Å². The van der Waals surface area contributed by atoms with E-state index in [1.165, 1.54) is 6.92 Å². The van der Waals surface area contributed by atoms with Gasteiger partial charge in [0.25, 0.3) is 0 Å². The lowest BCUT2D eigenvalue weighted by molar-refractivity contribution is -0.274. The third kappa shape index (κ3) is 4.70. The molecule has 0 bridgehead atoms. The van der Waals surface area contributed by atoms with Gasteiger partial charge in [0, 0.05) is 5.56 Å². The van der Waals surface area contributed by atoms with Crippen molar-refractivity contribution in [1.29, 1.82) is 0 Å². The molecule has 1 aliphatic heterocycles. The zero-order valence-corrected chi connectivity index (χ0v) is 14.5. The van der Waals surface area contributed by atoms with Gasteiger partial charge in [0.2, 0.25) is 6.10 Å². The first-order valence-corrected chi connectivity index (χ1v) is 8.03. The van der Waals surface area contributed by atoms with Crippen LogP contribution in [-0.2, 0) is 9.53 Å². The molecule has 0 aromatic heterocycles. The molecule has 4 nitrogen and oxygen atoms in total. The van der Waals surface area contributed by atoms with E-state index in [2.05, 4.69) is 9.47 Å². The van der Waals surface area contributed by atoms with Gasteiger partial charge in [0.15, 0.2) is 0 Å². The van der Waals surface area contributed by atoms with Gasteiger partial charge in [-0.3, -0.25) is 0 Å². The third-order valence-electron chi connectivity index (χ3n) is 3.06. The molecule has 0 radical (unpaired) electrons. The summed E-state index contributed by atoms with van der Waals surface area (Å²) in [4.78, 5) is 11.8. The van der Waals surface area contributed by atoms with E-state index in [-0.39, 0.29) is 21.5 Å². The van der Waals surface area contributed by atoms with Crippen LogP contribution in [0.25, 0.3) is 6.08 Å². The molecular weight excluding hydrogens is 473 g/mol. The van der Waals surface area contributed by atoms with Crippen molar-refractivity contribution in [2.45, 2.75) is 25.6 Å². The summed E-state index contributed by atoms with van der Waals surface area (Å²) in [5, 5.41) is 0. The maximum absolute atomic E-state index is 13.2. The van der Waals surface area contributed by atoms with Crippen molar-refractivity contribution in [2.24, 2.45) is 0 Å². The minimum Gasteiger partial charge on any atom is -0.475 e. The molecule has 1 atom stereocenters. The van der Waals surface area contributed by atoms with Crippen molar-refractivity contribution in [2.75, 3.05) is 4.61 Å². The molecule has 1 unspecified atom stereocenters. The smallest absolute Gasteiger partial charge is 0.475 e. The molecule has 0 N–H and O–H groups in total. The van der Waals surface area contributed by atoms with Crippen LogP contribution < -0.4 is 9.47 Å². The minimum atomic E-state index is -4.97. The summed E-state index contributed by atoms with van der Waals surface area (Å²) in [6.45, 7) is 1.26. The molecule has 11 heteroatoms. The highest BCUT2D eigenvalue weighted by molar-refractivity contribution is 14.1. The first-order chi connectivity index (χ1) is 11.4. The van der Waals surface area contributed by atoms with Crippen LogP contribution in [0.3, 0.4) is 0 Å². The highest BCUT2D eigenvalue weighted by Crippen LogP contribution is 2.41. The number of ether oxygens (including phenoxy) is 3. The number of aryl methyl sites for hydroxylation is 1. The Morgan fingerprint density at radius 3 is 2.40 bits per heavy atom. The molecule has 25 heavy (non-hydrogen) atoms. The average molecular weight is 482 g/mol. The molecule has 1 aromatic rings. The van der Waals surface area contributed by atoms with Crippen LogP contribution in [0.2, 0.25) is 0 Å². The average Bonchev–Trinajstić information content (AvgIpc) is 2.43. The molecule has 1 aromatic carbocycles. The van der Waals surface area contributed by atoms with E-state index in [9.17, 15) is 31.1 Å². The number of esters is 1. The van der Waals surface area contributed by atoms with Crippen molar-refractivity contribution >= 4 is 34.6 Å². The number of fused-ring (bicyclic) bond motifs is 1. The number of halogens is 7. The zero-order valence-electron chi connectivity index (χ0n) is 12.3. The van der Waals surface area contributed by atoms with Crippen molar-refractivity contribution in [3.8, 4) is 11.5 Å². The molecule has 0 spiro atoms. The number of hydrogen-bond donors (Lipinski definition) is 0. The number of hydrogen-bond acceptors (Lipinski definition) is 4. The molecule has 138 valence electrons. The zero-order chi connectivity index (χ0) is 19.0. The topological polar surface area (TPSA) is 44.8 Å². The molecular formula is C14H9F6IO4. The largest absolute Gasteiger partial charge is 0.573 e. The van der Waals surface area contributed by atoms with E-state index in [0.29, 0.717) is 0 Å². The second-order valence-corrected chi connectivity index (χ2v) is 5.51. The van der Waals surface area contributed by atoms with Gasteiger partial charge >= 0.3 is 18.5 Å². The molecule has 1 aliphatic rings. The lowest BCUT2D eigenvalue weighted by Gasteiger charge is -2.29. The van der Waals surface area contributed by atoms with Crippen LogP contribution in [0.5, 0.6) is 11.5 Å². The van der Waals surface area contributed by atoms with Gasteiger partial charge in [-0.25, -0.2) is 4.79 Å². The molecule has 0 amide bonds. The first kappa shape index (κ1) is 19.7. The minimum absolute atomic E-state index is 0.0106. The lowest BCUT2D eigenvalue weighted by Crippen LogP contribution is -2.41. The Labute approximate surface area is 150 Å². The van der Waals surface area contributed by atoms with Gasteiger partial charge in [0.05, 0.1) is 5.57 Å². The van der Waals surface area contributed by atoms with Crippen LogP contribution >= 0.6 is 22.6 Å². The van der Waals surface area contributed by atoms with Gasteiger partial charge in [-0.1, -0.05) is 0 Å². The summed E-state index contributed by atoms with van der Waals surface area (Å²) < 4.78 is 89.5. The maximum Gasteiger partial charge on any atom is 0.573 e. The van der Waals surface area contributed by atoms with Gasteiger partial charge in [0.1, 0.15) is 16.1 Å². The number of rotatable bonds is 3. The predicted molar refractivity (Wildman–Crippen MR) is 81.3 cm³/mol. The summed E-state index contributed by atoms with van der Waals surface area (Å²) in [5.41, 5.74) is -1.02.